The Morgan fingerprint density at radius 1 is 1.05 bits per heavy atom. The number of carboxylic acids is 1. The van der Waals surface area contributed by atoms with E-state index in [0.29, 0.717) is 16.7 Å². The molecule has 0 aliphatic rings. The summed E-state index contributed by atoms with van der Waals surface area (Å²) in [4.78, 5) is 23.1. The number of nitrogens with one attached hydrogen (secondary N) is 2. The summed E-state index contributed by atoms with van der Waals surface area (Å²) in [6.07, 6.45) is 0. The minimum absolute atomic E-state index is 0.00975. The maximum Gasteiger partial charge on any atom is 0.337 e. The maximum atomic E-state index is 12.0. The van der Waals surface area contributed by atoms with Crippen LogP contribution < -0.4 is 16.1 Å². The van der Waals surface area contributed by atoms with Crippen molar-refractivity contribution in [3.8, 4) is 0 Å². The van der Waals surface area contributed by atoms with E-state index < -0.39 is 11.9 Å². The van der Waals surface area contributed by atoms with Crippen LogP contribution in [0.2, 0.25) is 0 Å². The van der Waals surface area contributed by atoms with Crippen molar-refractivity contribution in [3.63, 3.8) is 0 Å². The average molecular weight is 310 g/mol. The second kappa shape index (κ2) is 6.86. The molecule has 0 saturated carbocycles. The maximum absolute atomic E-state index is 12.0. The number of thiocarbonyl (C=S) groups is 1. The molecule has 0 unspecified atom stereocenters. The number of anilines is 1. The normalized spacial score (nSPS) is 9.82. The summed E-state index contributed by atoms with van der Waals surface area (Å²) in [5.74, 6) is -1.50. The monoisotopic (exact) mass is 310 g/mol. The van der Waals surface area contributed by atoms with E-state index in [-0.39, 0.29) is 10.7 Å². The highest BCUT2D eigenvalue weighted by Gasteiger charge is 2.12. The van der Waals surface area contributed by atoms with Crippen LogP contribution in [-0.4, -0.2) is 29.9 Å². The number of para-hydroxylation sites is 1. The van der Waals surface area contributed by atoms with Crippen LogP contribution in [0.25, 0.3) is 0 Å². The van der Waals surface area contributed by atoms with Crippen molar-refractivity contribution in [2.24, 2.45) is 0 Å². The molecule has 0 aromatic heterocycles. The summed E-state index contributed by atoms with van der Waals surface area (Å²) in [5, 5.41) is 14.3. The van der Waals surface area contributed by atoms with E-state index >= 15 is 0 Å². The fraction of sp³-hybridized carbons (Fsp3) is 0. The molecule has 7 heteroatoms. The lowest BCUT2D eigenvalue weighted by atomic mass is 9.95. The van der Waals surface area contributed by atoms with Gasteiger partial charge in [0.2, 0.25) is 0 Å². The molecular formula is C15H11BN2O3S. The molecule has 0 spiro atoms. The van der Waals surface area contributed by atoms with Crippen molar-refractivity contribution in [1.82, 2.24) is 5.32 Å². The molecule has 0 atom stereocenters. The number of hydrogen-bond donors (Lipinski definition) is 3. The van der Waals surface area contributed by atoms with Crippen molar-refractivity contribution < 1.29 is 14.7 Å². The molecule has 108 valence electrons. The Morgan fingerprint density at radius 2 is 1.68 bits per heavy atom. The number of hydrogen-bond acceptors (Lipinski definition) is 3. The summed E-state index contributed by atoms with van der Waals surface area (Å²) in [6, 6.07) is 12.6. The highest BCUT2D eigenvalue weighted by atomic mass is 32.1. The molecule has 3 N–H and O–H groups in total. The first-order valence-corrected chi connectivity index (χ1v) is 6.68. The van der Waals surface area contributed by atoms with Gasteiger partial charge in [-0.1, -0.05) is 41.9 Å². The molecule has 0 aliphatic carbocycles. The third-order valence-corrected chi connectivity index (χ3v) is 3.01. The second-order valence-corrected chi connectivity index (χ2v) is 4.79. The van der Waals surface area contributed by atoms with Crippen molar-refractivity contribution in [2.75, 3.05) is 5.32 Å². The fourth-order valence-electron chi connectivity index (χ4n) is 1.74. The number of benzene rings is 2. The predicted molar refractivity (Wildman–Crippen MR) is 88.9 cm³/mol. The number of carboxylic acid groups (broad SMARTS) is 1. The van der Waals surface area contributed by atoms with Gasteiger partial charge in [-0.05, 0) is 24.4 Å². The summed E-state index contributed by atoms with van der Waals surface area (Å²) in [7, 11) is 5.55. The number of carbonyl (C=O) groups is 2. The fourth-order valence-corrected chi connectivity index (χ4v) is 1.94. The molecule has 2 radical (unpaired) electrons. The van der Waals surface area contributed by atoms with Gasteiger partial charge in [-0.15, -0.1) is 0 Å². The van der Waals surface area contributed by atoms with Gasteiger partial charge in [0.05, 0.1) is 11.3 Å². The Hall–Kier alpha value is -2.67. The van der Waals surface area contributed by atoms with Gasteiger partial charge >= 0.3 is 5.97 Å². The predicted octanol–water partition coefficient (Wildman–Crippen LogP) is 1.31. The van der Waals surface area contributed by atoms with Gasteiger partial charge in [0.1, 0.15) is 7.85 Å². The Labute approximate surface area is 133 Å². The smallest absolute Gasteiger partial charge is 0.337 e. The zero-order valence-electron chi connectivity index (χ0n) is 11.4. The van der Waals surface area contributed by atoms with Crippen LogP contribution >= 0.6 is 12.2 Å². The van der Waals surface area contributed by atoms with E-state index in [1.54, 1.807) is 42.5 Å². The van der Waals surface area contributed by atoms with Gasteiger partial charge in [-0.3, -0.25) is 10.1 Å². The van der Waals surface area contributed by atoms with Gasteiger partial charge in [0, 0.05) is 5.56 Å². The lowest BCUT2D eigenvalue weighted by molar-refractivity contribution is 0.0698. The van der Waals surface area contributed by atoms with E-state index in [9.17, 15) is 9.59 Å². The number of amides is 1. The SMILES string of the molecule is [B]c1ccc(C(=O)NC(=S)Nc2ccccc2C(=O)O)cc1. The van der Waals surface area contributed by atoms with Crippen LogP contribution in [0.3, 0.4) is 0 Å². The molecule has 5 nitrogen and oxygen atoms in total. The van der Waals surface area contributed by atoms with Crippen molar-refractivity contribution in [3.05, 3.63) is 59.7 Å². The minimum Gasteiger partial charge on any atom is -0.478 e. The minimum atomic E-state index is -1.09. The molecule has 0 heterocycles. The second-order valence-electron chi connectivity index (χ2n) is 4.38. The molecule has 0 aliphatic heterocycles. The molecule has 2 rings (SSSR count). The molecule has 2 aromatic rings. The van der Waals surface area contributed by atoms with E-state index in [1.807, 2.05) is 0 Å². The quantitative estimate of drug-likeness (QED) is 0.588. The molecular weight excluding hydrogens is 299 g/mol. The number of carbonyl (C=O) groups excluding carboxylic acids is 1. The van der Waals surface area contributed by atoms with E-state index in [0.717, 1.165) is 0 Å². The van der Waals surface area contributed by atoms with E-state index in [1.165, 1.54) is 6.07 Å². The molecule has 0 bridgehead atoms. The molecule has 1 amide bonds. The first-order valence-electron chi connectivity index (χ1n) is 6.27. The Balaban J connectivity index is 2.06. The summed E-state index contributed by atoms with van der Waals surface area (Å²) in [6.45, 7) is 0. The topological polar surface area (TPSA) is 78.4 Å². The number of aromatic carboxylic acids is 1. The largest absolute Gasteiger partial charge is 0.478 e. The van der Waals surface area contributed by atoms with Crippen LogP contribution in [-0.2, 0) is 0 Å². The zero-order valence-corrected chi connectivity index (χ0v) is 12.2. The Morgan fingerprint density at radius 3 is 2.32 bits per heavy atom. The van der Waals surface area contributed by atoms with Gasteiger partial charge in [0.15, 0.2) is 5.11 Å². The summed E-state index contributed by atoms with van der Waals surface area (Å²) in [5.41, 5.74) is 1.31. The Bertz CT molecular complexity index is 732. The van der Waals surface area contributed by atoms with E-state index in [4.69, 9.17) is 25.2 Å². The van der Waals surface area contributed by atoms with Crippen molar-refractivity contribution >= 4 is 48.2 Å². The first-order chi connectivity index (χ1) is 10.5. The first kappa shape index (κ1) is 15.7. The average Bonchev–Trinajstić information content (AvgIpc) is 2.48. The van der Waals surface area contributed by atoms with Gasteiger partial charge in [-0.2, -0.15) is 0 Å². The zero-order chi connectivity index (χ0) is 16.1. The third kappa shape index (κ3) is 3.92. The molecule has 0 saturated heterocycles. The van der Waals surface area contributed by atoms with Crippen LogP contribution in [0.5, 0.6) is 0 Å². The summed E-state index contributed by atoms with van der Waals surface area (Å²) < 4.78 is 0. The molecule has 22 heavy (non-hydrogen) atoms. The Kier molecular flexibility index (Phi) is 4.90. The number of rotatable bonds is 3. The highest BCUT2D eigenvalue weighted by Crippen LogP contribution is 2.14. The molecule has 0 fully saturated rings. The lowest BCUT2D eigenvalue weighted by Crippen LogP contribution is -2.34. The van der Waals surface area contributed by atoms with Crippen molar-refractivity contribution in [1.29, 1.82) is 0 Å². The van der Waals surface area contributed by atoms with Crippen molar-refractivity contribution in [2.45, 2.75) is 0 Å². The van der Waals surface area contributed by atoms with Gasteiger partial charge in [-0.25, -0.2) is 4.79 Å². The van der Waals surface area contributed by atoms with Crippen LogP contribution in [0.15, 0.2) is 48.5 Å². The third-order valence-electron chi connectivity index (χ3n) is 2.81. The standard InChI is InChI=1S/C15H11BN2O3S/c16-10-7-5-9(6-8-10)13(19)18-15(22)17-12-4-2-1-3-11(12)14(20)21/h1-8H,(H,20,21)(H2,17,18,19,22). The highest BCUT2D eigenvalue weighted by molar-refractivity contribution is 7.80. The lowest BCUT2D eigenvalue weighted by Gasteiger charge is -2.11. The van der Waals surface area contributed by atoms with Crippen LogP contribution in [0.4, 0.5) is 5.69 Å². The van der Waals surface area contributed by atoms with E-state index in [2.05, 4.69) is 10.6 Å². The van der Waals surface area contributed by atoms with Crippen LogP contribution in [0.1, 0.15) is 20.7 Å². The molecule has 2 aromatic carbocycles. The van der Waals surface area contributed by atoms with Gasteiger partial charge in [0.25, 0.3) is 5.91 Å². The summed E-state index contributed by atoms with van der Waals surface area (Å²) >= 11 is 5.02. The van der Waals surface area contributed by atoms with Gasteiger partial charge < -0.3 is 10.4 Å². The van der Waals surface area contributed by atoms with Crippen LogP contribution in [0, 0.1) is 0 Å².